The summed E-state index contributed by atoms with van der Waals surface area (Å²) in [6.07, 6.45) is 2.26. The van der Waals surface area contributed by atoms with Gasteiger partial charge in [-0.15, -0.1) is 0 Å². The van der Waals surface area contributed by atoms with Gasteiger partial charge in [0, 0.05) is 11.5 Å². The molecule has 2 aromatic carbocycles. The van der Waals surface area contributed by atoms with Gasteiger partial charge in [-0.3, -0.25) is 4.79 Å². The van der Waals surface area contributed by atoms with E-state index in [0.717, 1.165) is 6.42 Å². The van der Waals surface area contributed by atoms with Gasteiger partial charge in [-0.1, -0.05) is 36.4 Å². The number of carbonyl (C=O) groups is 1. The molecule has 2 atom stereocenters. The Morgan fingerprint density at radius 2 is 2.04 bits per heavy atom. The number of phenolic OH excluding ortho intramolecular Hbond substituents is 1. The molecule has 0 unspecified atom stereocenters. The summed E-state index contributed by atoms with van der Waals surface area (Å²) < 4.78 is 5.03. The number of benzene rings is 2. The zero-order chi connectivity index (χ0) is 16.2. The molecule has 118 valence electrons. The van der Waals surface area contributed by atoms with Crippen LogP contribution in [-0.4, -0.2) is 24.3 Å². The molecule has 2 aromatic rings. The molecule has 1 aliphatic carbocycles. The van der Waals surface area contributed by atoms with Gasteiger partial charge in [0.15, 0.2) is 11.5 Å². The van der Waals surface area contributed by atoms with E-state index in [1.807, 2.05) is 30.3 Å². The molecule has 0 bridgehead atoms. The fraction of sp³-hybridized carbons (Fsp3) is 0.222. The normalized spacial score (nSPS) is 19.5. The number of methoxy groups -OCH3 is 1. The van der Waals surface area contributed by atoms with Gasteiger partial charge in [-0.2, -0.15) is 5.10 Å². The van der Waals surface area contributed by atoms with Crippen molar-refractivity contribution in [3.05, 3.63) is 59.7 Å². The van der Waals surface area contributed by atoms with Crippen LogP contribution in [0.2, 0.25) is 0 Å². The van der Waals surface area contributed by atoms with Crippen molar-refractivity contribution in [3.8, 4) is 11.5 Å². The number of nitrogens with zero attached hydrogens (tertiary/aromatic N) is 1. The molecule has 5 heteroatoms. The molecule has 0 aliphatic heterocycles. The third kappa shape index (κ3) is 3.34. The summed E-state index contributed by atoms with van der Waals surface area (Å²) in [4.78, 5) is 12.1. The van der Waals surface area contributed by atoms with Gasteiger partial charge in [0.25, 0.3) is 0 Å². The predicted molar refractivity (Wildman–Crippen MR) is 87.7 cm³/mol. The van der Waals surface area contributed by atoms with Crippen LogP contribution in [0.5, 0.6) is 11.5 Å². The average Bonchev–Trinajstić information content (AvgIpc) is 3.38. The lowest BCUT2D eigenvalue weighted by atomic mass is 10.1. The standard InChI is InChI=1S/C18H18N2O3/c1-23-16-9-5-8-13(17(16)21)11-19-20-18(22)15-10-14(15)12-6-3-2-4-7-12/h2-9,11,14-15,21H,10H2,1H3,(H,20,22)/b19-11+/t14-,15+/m1/s1. The average molecular weight is 310 g/mol. The molecule has 2 N–H and O–H groups in total. The van der Waals surface area contributed by atoms with Crippen LogP contribution >= 0.6 is 0 Å². The van der Waals surface area contributed by atoms with E-state index in [1.165, 1.54) is 18.9 Å². The maximum atomic E-state index is 12.1. The Morgan fingerprint density at radius 1 is 1.26 bits per heavy atom. The van der Waals surface area contributed by atoms with Crippen molar-refractivity contribution < 1.29 is 14.6 Å². The van der Waals surface area contributed by atoms with Crippen LogP contribution < -0.4 is 10.2 Å². The summed E-state index contributed by atoms with van der Waals surface area (Å²) in [6, 6.07) is 15.1. The first-order chi connectivity index (χ1) is 11.2. The maximum Gasteiger partial charge on any atom is 0.243 e. The molecular weight excluding hydrogens is 292 g/mol. The van der Waals surface area contributed by atoms with Gasteiger partial charge in [-0.05, 0) is 30.0 Å². The molecule has 1 amide bonds. The summed E-state index contributed by atoms with van der Waals surface area (Å²) in [7, 11) is 1.48. The Kier molecular flexibility index (Phi) is 4.28. The fourth-order valence-electron chi connectivity index (χ4n) is 2.61. The number of hydrogen-bond acceptors (Lipinski definition) is 4. The highest BCUT2D eigenvalue weighted by Gasteiger charge is 2.43. The van der Waals surface area contributed by atoms with Crippen molar-refractivity contribution in [2.75, 3.05) is 7.11 Å². The Morgan fingerprint density at radius 3 is 2.78 bits per heavy atom. The topological polar surface area (TPSA) is 70.9 Å². The van der Waals surface area contributed by atoms with E-state index in [1.54, 1.807) is 18.2 Å². The van der Waals surface area contributed by atoms with Gasteiger partial charge >= 0.3 is 0 Å². The van der Waals surface area contributed by atoms with Crippen LogP contribution in [0.25, 0.3) is 0 Å². The number of para-hydroxylation sites is 1. The summed E-state index contributed by atoms with van der Waals surface area (Å²) in [5, 5.41) is 13.9. The fourth-order valence-corrected chi connectivity index (χ4v) is 2.61. The molecular formula is C18H18N2O3. The summed E-state index contributed by atoms with van der Waals surface area (Å²) in [5.74, 6) is 0.510. The molecule has 0 saturated heterocycles. The van der Waals surface area contributed by atoms with E-state index >= 15 is 0 Å². The quantitative estimate of drug-likeness (QED) is 0.659. The summed E-state index contributed by atoms with van der Waals surface area (Å²) in [5.41, 5.74) is 4.20. The SMILES string of the molecule is COc1cccc(/C=N/NC(=O)[C@H]2C[C@@H]2c2ccccc2)c1O. The monoisotopic (exact) mass is 310 g/mol. The van der Waals surface area contributed by atoms with Crippen LogP contribution in [0.3, 0.4) is 0 Å². The third-order valence-corrected chi connectivity index (χ3v) is 3.98. The van der Waals surface area contributed by atoms with E-state index in [0.29, 0.717) is 11.3 Å². The number of amides is 1. The van der Waals surface area contributed by atoms with Crippen molar-refractivity contribution in [2.45, 2.75) is 12.3 Å². The minimum absolute atomic E-state index is 0.00147. The van der Waals surface area contributed by atoms with Crippen molar-refractivity contribution in [2.24, 2.45) is 11.0 Å². The molecule has 1 saturated carbocycles. The van der Waals surface area contributed by atoms with Crippen LogP contribution in [-0.2, 0) is 4.79 Å². The number of phenols is 1. The van der Waals surface area contributed by atoms with Crippen molar-refractivity contribution in [1.29, 1.82) is 0 Å². The second kappa shape index (κ2) is 6.52. The lowest BCUT2D eigenvalue weighted by molar-refractivity contribution is -0.122. The maximum absolute atomic E-state index is 12.1. The van der Waals surface area contributed by atoms with Crippen molar-refractivity contribution >= 4 is 12.1 Å². The second-order valence-electron chi connectivity index (χ2n) is 5.49. The highest BCUT2D eigenvalue weighted by molar-refractivity contribution is 5.87. The number of nitrogens with one attached hydrogen (secondary N) is 1. The third-order valence-electron chi connectivity index (χ3n) is 3.98. The summed E-state index contributed by atoms with van der Waals surface area (Å²) >= 11 is 0. The smallest absolute Gasteiger partial charge is 0.243 e. The van der Waals surface area contributed by atoms with Crippen molar-refractivity contribution in [1.82, 2.24) is 5.43 Å². The second-order valence-corrected chi connectivity index (χ2v) is 5.49. The van der Waals surface area contributed by atoms with E-state index in [-0.39, 0.29) is 23.5 Å². The molecule has 0 spiro atoms. The number of hydrazone groups is 1. The first-order valence-electron chi connectivity index (χ1n) is 7.44. The van der Waals surface area contributed by atoms with Gasteiger partial charge in [-0.25, -0.2) is 5.43 Å². The van der Waals surface area contributed by atoms with E-state index < -0.39 is 0 Å². The minimum atomic E-state index is -0.0995. The zero-order valence-corrected chi connectivity index (χ0v) is 12.8. The van der Waals surface area contributed by atoms with Crippen molar-refractivity contribution in [3.63, 3.8) is 0 Å². The number of carbonyl (C=O) groups excluding carboxylic acids is 1. The van der Waals surface area contributed by atoms with Crippen LogP contribution in [0.15, 0.2) is 53.6 Å². The zero-order valence-electron chi connectivity index (χ0n) is 12.8. The molecule has 0 heterocycles. The van der Waals surface area contributed by atoms with Gasteiger partial charge in [0.2, 0.25) is 5.91 Å². The molecule has 0 radical (unpaired) electrons. The highest BCUT2D eigenvalue weighted by Crippen LogP contribution is 2.47. The Labute approximate surface area is 134 Å². The first-order valence-corrected chi connectivity index (χ1v) is 7.44. The predicted octanol–water partition coefficient (Wildman–Crippen LogP) is 2.65. The lowest BCUT2D eigenvalue weighted by Crippen LogP contribution is -2.20. The number of rotatable bonds is 5. The Balaban J connectivity index is 1.58. The van der Waals surface area contributed by atoms with E-state index in [4.69, 9.17) is 4.74 Å². The molecule has 23 heavy (non-hydrogen) atoms. The van der Waals surface area contributed by atoms with Crippen LogP contribution in [0.4, 0.5) is 0 Å². The first kappa shape index (κ1) is 15.1. The molecule has 0 aromatic heterocycles. The van der Waals surface area contributed by atoms with Crippen LogP contribution in [0.1, 0.15) is 23.5 Å². The Bertz CT molecular complexity index is 728. The Hall–Kier alpha value is -2.82. The highest BCUT2D eigenvalue weighted by atomic mass is 16.5. The van der Waals surface area contributed by atoms with Crippen LogP contribution in [0, 0.1) is 5.92 Å². The molecule has 1 fully saturated rings. The number of aromatic hydroxyl groups is 1. The number of ether oxygens (including phenoxy) is 1. The van der Waals surface area contributed by atoms with E-state index in [9.17, 15) is 9.90 Å². The lowest BCUT2D eigenvalue weighted by Gasteiger charge is -2.05. The summed E-state index contributed by atoms with van der Waals surface area (Å²) in [6.45, 7) is 0. The van der Waals surface area contributed by atoms with Gasteiger partial charge in [0.05, 0.1) is 13.3 Å². The molecule has 3 rings (SSSR count). The minimum Gasteiger partial charge on any atom is -0.504 e. The number of hydrogen-bond donors (Lipinski definition) is 2. The van der Waals surface area contributed by atoms with Gasteiger partial charge < -0.3 is 9.84 Å². The van der Waals surface area contributed by atoms with Gasteiger partial charge in [0.1, 0.15) is 0 Å². The molecule has 1 aliphatic rings. The van der Waals surface area contributed by atoms with E-state index in [2.05, 4.69) is 10.5 Å². The molecule has 5 nitrogen and oxygen atoms in total. The largest absolute Gasteiger partial charge is 0.504 e.